The van der Waals surface area contributed by atoms with E-state index in [-0.39, 0.29) is 13.2 Å². The van der Waals surface area contributed by atoms with E-state index in [4.69, 9.17) is 24.2 Å². The number of methoxy groups -OCH3 is 1. The lowest BCUT2D eigenvalue weighted by molar-refractivity contribution is -0.128. The number of nitrogens with zero attached hydrogens (tertiary/aromatic N) is 1. The van der Waals surface area contributed by atoms with E-state index in [9.17, 15) is 9.59 Å². The van der Waals surface area contributed by atoms with E-state index in [1.165, 1.54) is 19.3 Å². The van der Waals surface area contributed by atoms with E-state index in [2.05, 4.69) is 10.9 Å². The van der Waals surface area contributed by atoms with Crippen molar-refractivity contribution in [1.29, 1.82) is 5.26 Å². The molecule has 0 saturated carbocycles. The summed E-state index contributed by atoms with van der Waals surface area (Å²) in [5.74, 6) is 0.742. The third kappa shape index (κ3) is 7.62. The first kappa shape index (κ1) is 23.1. The van der Waals surface area contributed by atoms with Gasteiger partial charge in [0.2, 0.25) is 0 Å². The molecule has 0 atom stereocenters. The Kier molecular flexibility index (Phi) is 9.23. The lowest BCUT2D eigenvalue weighted by Crippen LogP contribution is -2.43. The minimum absolute atomic E-state index is 0.103. The summed E-state index contributed by atoms with van der Waals surface area (Å²) in [6, 6.07) is 13.8. The summed E-state index contributed by atoms with van der Waals surface area (Å²) in [7, 11) is 1.47. The summed E-state index contributed by atoms with van der Waals surface area (Å²) >= 11 is 0. The van der Waals surface area contributed by atoms with E-state index in [0.29, 0.717) is 35.2 Å². The number of hydrogen-bond donors (Lipinski definition) is 2. The van der Waals surface area contributed by atoms with Crippen molar-refractivity contribution >= 4 is 17.9 Å². The van der Waals surface area contributed by atoms with Gasteiger partial charge in [-0.2, -0.15) is 5.26 Å². The molecule has 0 aliphatic carbocycles. The average molecular weight is 425 g/mol. The Hall–Kier alpha value is -4.19. The number of ether oxygens (including phenoxy) is 4. The lowest BCUT2D eigenvalue weighted by Gasteiger charge is -2.11. The second-order valence-corrected chi connectivity index (χ2v) is 5.90. The Morgan fingerprint density at radius 3 is 2.39 bits per heavy atom. The molecule has 9 heteroatoms. The number of carbonyl (C=O) groups excluding carboxylic acids is 2. The van der Waals surface area contributed by atoms with Crippen LogP contribution < -0.4 is 29.8 Å². The summed E-state index contributed by atoms with van der Waals surface area (Å²) in [4.78, 5) is 23.8. The van der Waals surface area contributed by atoms with Crippen molar-refractivity contribution in [2.45, 2.75) is 6.92 Å². The van der Waals surface area contributed by atoms with Crippen LogP contribution in [0.3, 0.4) is 0 Å². The number of benzene rings is 2. The molecule has 2 aromatic carbocycles. The molecule has 0 aliphatic heterocycles. The van der Waals surface area contributed by atoms with Crippen LogP contribution in [0.1, 0.15) is 12.5 Å². The molecule has 2 aromatic rings. The molecule has 162 valence electrons. The first-order valence-electron chi connectivity index (χ1n) is 9.36. The van der Waals surface area contributed by atoms with Gasteiger partial charge in [-0.1, -0.05) is 18.2 Å². The number of nitrogens with one attached hydrogen (secondary N) is 2. The minimum atomic E-state index is -0.535. The highest BCUT2D eigenvalue weighted by Gasteiger charge is 2.08. The summed E-state index contributed by atoms with van der Waals surface area (Å²) in [6.45, 7) is 1.92. The van der Waals surface area contributed by atoms with Crippen LogP contribution in [0.4, 0.5) is 0 Å². The van der Waals surface area contributed by atoms with Gasteiger partial charge in [0.1, 0.15) is 6.07 Å². The van der Waals surface area contributed by atoms with E-state index in [1.54, 1.807) is 42.5 Å². The van der Waals surface area contributed by atoms with Crippen LogP contribution in [0.2, 0.25) is 0 Å². The largest absolute Gasteiger partial charge is 0.493 e. The Bertz CT molecular complexity index is 968. The summed E-state index contributed by atoms with van der Waals surface area (Å²) in [6.07, 6.45) is 2.78. The Labute approximate surface area is 180 Å². The Morgan fingerprint density at radius 2 is 1.71 bits per heavy atom. The average Bonchev–Trinajstić information content (AvgIpc) is 2.79. The van der Waals surface area contributed by atoms with Crippen LogP contribution in [0.15, 0.2) is 48.5 Å². The van der Waals surface area contributed by atoms with Gasteiger partial charge in [0, 0.05) is 6.08 Å². The highest BCUT2D eigenvalue weighted by Crippen LogP contribution is 2.28. The molecule has 0 aromatic heterocycles. The molecular weight excluding hydrogens is 402 g/mol. The zero-order valence-electron chi connectivity index (χ0n) is 17.2. The summed E-state index contributed by atoms with van der Waals surface area (Å²) in [5, 5.41) is 8.59. The molecule has 0 unspecified atom stereocenters. The predicted octanol–water partition coefficient (Wildman–Crippen LogP) is 2.24. The number of hydrazine groups is 1. The quantitative estimate of drug-likeness (QED) is 0.443. The fourth-order valence-corrected chi connectivity index (χ4v) is 2.39. The van der Waals surface area contributed by atoms with Crippen molar-refractivity contribution in [3.05, 3.63) is 54.1 Å². The van der Waals surface area contributed by atoms with Gasteiger partial charge in [-0.3, -0.25) is 20.4 Å². The maximum atomic E-state index is 11.9. The molecule has 0 saturated heterocycles. The number of amides is 2. The molecule has 0 spiro atoms. The molecule has 9 nitrogen and oxygen atoms in total. The van der Waals surface area contributed by atoms with Gasteiger partial charge < -0.3 is 18.9 Å². The van der Waals surface area contributed by atoms with Crippen molar-refractivity contribution in [3.8, 4) is 29.1 Å². The fraction of sp³-hybridized carbons (Fsp3) is 0.227. The first-order chi connectivity index (χ1) is 15.1. The molecule has 2 N–H and O–H groups in total. The standard InChI is InChI=1S/C22H23N3O6/c1-3-29-17-6-4-5-7-18(17)31-15-22(27)25-24-21(26)11-9-16-8-10-19(30-13-12-23)20(14-16)28-2/h4-11,14H,3,13,15H2,1-2H3,(H,24,26)(H,25,27)/b11-9+. The molecule has 0 bridgehead atoms. The Morgan fingerprint density at radius 1 is 1.00 bits per heavy atom. The zero-order valence-corrected chi connectivity index (χ0v) is 17.2. The lowest BCUT2D eigenvalue weighted by atomic mass is 10.2. The van der Waals surface area contributed by atoms with Gasteiger partial charge in [-0.05, 0) is 42.8 Å². The fourth-order valence-electron chi connectivity index (χ4n) is 2.39. The van der Waals surface area contributed by atoms with Crippen molar-refractivity contribution in [3.63, 3.8) is 0 Å². The molecule has 0 aliphatic rings. The van der Waals surface area contributed by atoms with E-state index in [1.807, 2.05) is 13.0 Å². The smallest absolute Gasteiger partial charge is 0.276 e. The normalized spacial score (nSPS) is 10.1. The van der Waals surface area contributed by atoms with Gasteiger partial charge in [0.15, 0.2) is 36.2 Å². The summed E-state index contributed by atoms with van der Waals surface area (Å²) in [5.41, 5.74) is 5.20. The van der Waals surface area contributed by atoms with E-state index in [0.717, 1.165) is 0 Å². The van der Waals surface area contributed by atoms with Crippen molar-refractivity contribution in [2.75, 3.05) is 26.9 Å². The molecule has 0 fully saturated rings. The van der Waals surface area contributed by atoms with Crippen LogP contribution in [-0.2, 0) is 9.59 Å². The highest BCUT2D eigenvalue weighted by atomic mass is 16.5. The SMILES string of the molecule is CCOc1ccccc1OCC(=O)NNC(=O)/C=C/c1ccc(OCC#N)c(OC)c1. The van der Waals surface area contributed by atoms with Gasteiger partial charge in [0.05, 0.1) is 13.7 Å². The maximum absolute atomic E-state index is 11.9. The molecule has 31 heavy (non-hydrogen) atoms. The van der Waals surface area contributed by atoms with Crippen LogP contribution in [0, 0.1) is 11.3 Å². The monoisotopic (exact) mass is 425 g/mol. The van der Waals surface area contributed by atoms with Crippen LogP contribution in [-0.4, -0.2) is 38.7 Å². The summed E-state index contributed by atoms with van der Waals surface area (Å²) < 4.78 is 21.3. The van der Waals surface area contributed by atoms with E-state index < -0.39 is 11.8 Å². The number of carbonyl (C=O) groups is 2. The van der Waals surface area contributed by atoms with Gasteiger partial charge in [0.25, 0.3) is 11.8 Å². The highest BCUT2D eigenvalue weighted by molar-refractivity contribution is 5.93. The van der Waals surface area contributed by atoms with Crippen LogP contribution >= 0.6 is 0 Å². The van der Waals surface area contributed by atoms with Gasteiger partial charge >= 0.3 is 0 Å². The van der Waals surface area contributed by atoms with Gasteiger partial charge in [-0.15, -0.1) is 0 Å². The van der Waals surface area contributed by atoms with Crippen molar-refractivity contribution in [2.24, 2.45) is 0 Å². The third-order valence-electron chi connectivity index (χ3n) is 3.74. The van der Waals surface area contributed by atoms with Crippen molar-refractivity contribution in [1.82, 2.24) is 10.9 Å². The number of para-hydroxylation sites is 2. The Balaban J connectivity index is 1.83. The number of nitriles is 1. The minimum Gasteiger partial charge on any atom is -0.493 e. The number of hydrogen-bond acceptors (Lipinski definition) is 7. The predicted molar refractivity (Wildman–Crippen MR) is 113 cm³/mol. The molecule has 2 amide bonds. The second kappa shape index (κ2) is 12.4. The van der Waals surface area contributed by atoms with E-state index >= 15 is 0 Å². The number of rotatable bonds is 10. The third-order valence-corrected chi connectivity index (χ3v) is 3.74. The van der Waals surface area contributed by atoms with Crippen LogP contribution in [0.5, 0.6) is 23.0 Å². The van der Waals surface area contributed by atoms with Crippen molar-refractivity contribution < 1.29 is 28.5 Å². The molecule has 2 rings (SSSR count). The second-order valence-electron chi connectivity index (χ2n) is 5.90. The molecular formula is C22H23N3O6. The van der Waals surface area contributed by atoms with Gasteiger partial charge in [-0.25, -0.2) is 0 Å². The molecule has 0 heterocycles. The van der Waals surface area contributed by atoms with Crippen LogP contribution in [0.25, 0.3) is 6.08 Å². The topological polar surface area (TPSA) is 119 Å². The molecule has 0 radical (unpaired) electrons. The maximum Gasteiger partial charge on any atom is 0.276 e. The first-order valence-corrected chi connectivity index (χ1v) is 9.36. The zero-order chi connectivity index (χ0) is 22.5.